The van der Waals surface area contributed by atoms with E-state index in [0.29, 0.717) is 19.6 Å². The molecule has 90 valence electrons. The number of halogens is 2. The van der Waals surface area contributed by atoms with Crippen molar-refractivity contribution in [1.82, 2.24) is 4.90 Å². The smallest absolute Gasteiger partial charge is 0.250 e. The van der Waals surface area contributed by atoms with Crippen molar-refractivity contribution < 1.29 is 13.2 Å². The van der Waals surface area contributed by atoms with Crippen molar-refractivity contribution in [3.8, 4) is 0 Å². The fourth-order valence-electron chi connectivity index (χ4n) is 2.12. The molecule has 1 aromatic heterocycles. The molecule has 0 radical (unpaired) electrons. The third-order valence-electron chi connectivity index (χ3n) is 3.12. The zero-order chi connectivity index (χ0) is 11.6. The lowest BCUT2D eigenvalue weighted by Gasteiger charge is -2.36. The van der Waals surface area contributed by atoms with Crippen molar-refractivity contribution in [2.45, 2.75) is 24.8 Å². The third kappa shape index (κ3) is 2.41. The van der Waals surface area contributed by atoms with E-state index in [1.165, 1.54) is 0 Å². The van der Waals surface area contributed by atoms with Crippen LogP contribution in [0.1, 0.15) is 24.4 Å². The largest absolute Gasteiger partial charge is 0.472 e. The van der Waals surface area contributed by atoms with Crippen LogP contribution in [0.2, 0.25) is 0 Å². The van der Waals surface area contributed by atoms with Crippen molar-refractivity contribution in [2.24, 2.45) is 5.73 Å². The summed E-state index contributed by atoms with van der Waals surface area (Å²) in [5.74, 6) is -2.51. The fourth-order valence-corrected chi connectivity index (χ4v) is 2.12. The number of piperidine rings is 1. The molecule has 1 fully saturated rings. The zero-order valence-corrected chi connectivity index (χ0v) is 9.03. The minimum Gasteiger partial charge on any atom is -0.472 e. The molecule has 0 amide bonds. The number of nitrogens with two attached hydrogens (primary N) is 1. The highest BCUT2D eigenvalue weighted by molar-refractivity contribution is 5.12. The van der Waals surface area contributed by atoms with E-state index in [2.05, 4.69) is 0 Å². The average molecular weight is 230 g/mol. The van der Waals surface area contributed by atoms with Gasteiger partial charge < -0.3 is 10.2 Å². The van der Waals surface area contributed by atoms with Crippen LogP contribution in [0.15, 0.2) is 23.0 Å². The van der Waals surface area contributed by atoms with Gasteiger partial charge in [-0.25, -0.2) is 8.78 Å². The van der Waals surface area contributed by atoms with E-state index in [4.69, 9.17) is 10.2 Å². The molecule has 3 nitrogen and oxygen atoms in total. The molecular formula is C11H16F2N2O. The standard InChI is InChI=1S/C11H16F2N2O/c12-11(13)2-4-15(5-3-11)10(7-14)9-1-6-16-8-9/h1,6,8,10H,2-5,7,14H2. The monoisotopic (exact) mass is 230 g/mol. The van der Waals surface area contributed by atoms with Crippen LogP contribution < -0.4 is 5.73 Å². The Morgan fingerprint density at radius 2 is 2.12 bits per heavy atom. The fraction of sp³-hybridized carbons (Fsp3) is 0.636. The highest BCUT2D eigenvalue weighted by Gasteiger charge is 2.36. The number of nitrogens with zero attached hydrogens (tertiary/aromatic N) is 1. The van der Waals surface area contributed by atoms with Crippen LogP contribution in [0.5, 0.6) is 0 Å². The maximum Gasteiger partial charge on any atom is 0.250 e. The molecule has 5 heteroatoms. The molecule has 1 aliphatic rings. The summed E-state index contributed by atoms with van der Waals surface area (Å²) in [7, 11) is 0. The summed E-state index contributed by atoms with van der Waals surface area (Å²) in [5, 5.41) is 0. The first-order valence-electron chi connectivity index (χ1n) is 5.46. The number of likely N-dealkylation sites (tertiary alicyclic amines) is 1. The quantitative estimate of drug-likeness (QED) is 0.863. The van der Waals surface area contributed by atoms with Crippen molar-refractivity contribution >= 4 is 0 Å². The van der Waals surface area contributed by atoms with E-state index in [1.807, 2.05) is 11.0 Å². The molecule has 0 aliphatic carbocycles. The SMILES string of the molecule is NCC(c1ccoc1)N1CCC(F)(F)CC1. The minimum absolute atomic E-state index is 0.00477. The summed E-state index contributed by atoms with van der Waals surface area (Å²) in [6, 6.07) is 1.83. The van der Waals surface area contributed by atoms with Crippen LogP contribution in [-0.4, -0.2) is 30.5 Å². The number of rotatable bonds is 3. The minimum atomic E-state index is -2.51. The molecule has 1 saturated heterocycles. The first kappa shape index (κ1) is 11.5. The van der Waals surface area contributed by atoms with E-state index in [0.717, 1.165) is 5.56 Å². The van der Waals surface area contributed by atoms with Crippen molar-refractivity contribution in [2.75, 3.05) is 19.6 Å². The Labute approximate surface area is 93.2 Å². The third-order valence-corrected chi connectivity index (χ3v) is 3.12. The molecule has 2 heterocycles. The van der Waals surface area contributed by atoms with Gasteiger partial charge in [-0.2, -0.15) is 0 Å². The number of alkyl halides is 2. The van der Waals surface area contributed by atoms with Crippen LogP contribution in [0.4, 0.5) is 8.78 Å². The first-order chi connectivity index (χ1) is 7.62. The second kappa shape index (κ2) is 4.51. The summed E-state index contributed by atoms with van der Waals surface area (Å²) in [6.07, 6.45) is 3.05. The topological polar surface area (TPSA) is 42.4 Å². The molecule has 0 bridgehead atoms. The van der Waals surface area contributed by atoms with E-state index in [9.17, 15) is 8.78 Å². The van der Waals surface area contributed by atoms with Crippen LogP contribution in [-0.2, 0) is 0 Å². The summed E-state index contributed by atoms with van der Waals surface area (Å²) in [5.41, 5.74) is 6.66. The van der Waals surface area contributed by atoms with Crippen molar-refractivity contribution in [3.63, 3.8) is 0 Å². The maximum atomic E-state index is 13.0. The van der Waals surface area contributed by atoms with Gasteiger partial charge in [0.2, 0.25) is 0 Å². The van der Waals surface area contributed by atoms with E-state index in [1.54, 1.807) is 12.5 Å². The number of furan rings is 1. The summed E-state index contributed by atoms with van der Waals surface area (Å²) < 4.78 is 31.0. The van der Waals surface area contributed by atoms with Gasteiger partial charge in [0.05, 0.1) is 18.6 Å². The Balaban J connectivity index is 2.02. The molecule has 1 unspecified atom stereocenters. The molecule has 1 aromatic rings. The second-order valence-electron chi connectivity index (χ2n) is 4.20. The van der Waals surface area contributed by atoms with E-state index < -0.39 is 5.92 Å². The lowest BCUT2D eigenvalue weighted by molar-refractivity contribution is -0.0627. The Hall–Kier alpha value is -0.940. The molecule has 1 aliphatic heterocycles. The van der Waals surface area contributed by atoms with Gasteiger partial charge in [0.25, 0.3) is 5.92 Å². The van der Waals surface area contributed by atoms with Crippen LogP contribution in [0, 0.1) is 0 Å². The normalized spacial score (nSPS) is 23.2. The van der Waals surface area contributed by atoms with Gasteiger partial charge in [0, 0.05) is 38.0 Å². The van der Waals surface area contributed by atoms with Crippen molar-refractivity contribution in [3.05, 3.63) is 24.2 Å². The predicted molar refractivity (Wildman–Crippen MR) is 56.3 cm³/mol. The van der Waals surface area contributed by atoms with Gasteiger partial charge in [-0.3, -0.25) is 4.90 Å². The summed E-state index contributed by atoms with van der Waals surface area (Å²) in [6.45, 7) is 1.20. The highest BCUT2D eigenvalue weighted by atomic mass is 19.3. The van der Waals surface area contributed by atoms with Gasteiger partial charge in [0.1, 0.15) is 0 Å². The number of hydrogen-bond acceptors (Lipinski definition) is 3. The lowest BCUT2D eigenvalue weighted by atomic mass is 10.0. The Bertz CT molecular complexity index is 317. The van der Waals surface area contributed by atoms with Gasteiger partial charge in [-0.15, -0.1) is 0 Å². The summed E-state index contributed by atoms with van der Waals surface area (Å²) in [4.78, 5) is 2.00. The van der Waals surface area contributed by atoms with Gasteiger partial charge in [-0.05, 0) is 6.07 Å². The van der Waals surface area contributed by atoms with Crippen LogP contribution in [0.25, 0.3) is 0 Å². The predicted octanol–water partition coefficient (Wildman–Crippen LogP) is 2.01. The lowest BCUT2D eigenvalue weighted by Crippen LogP contribution is -2.43. The summed E-state index contributed by atoms with van der Waals surface area (Å²) >= 11 is 0. The Morgan fingerprint density at radius 1 is 1.44 bits per heavy atom. The zero-order valence-electron chi connectivity index (χ0n) is 9.03. The van der Waals surface area contributed by atoms with Gasteiger partial charge in [0.15, 0.2) is 0 Å². The van der Waals surface area contributed by atoms with Crippen LogP contribution in [0.3, 0.4) is 0 Å². The average Bonchev–Trinajstić information content (AvgIpc) is 2.75. The van der Waals surface area contributed by atoms with E-state index >= 15 is 0 Å². The molecule has 0 saturated carbocycles. The van der Waals surface area contributed by atoms with E-state index in [-0.39, 0.29) is 18.9 Å². The van der Waals surface area contributed by atoms with Gasteiger partial charge >= 0.3 is 0 Å². The molecule has 16 heavy (non-hydrogen) atoms. The molecule has 2 N–H and O–H groups in total. The molecule has 2 rings (SSSR count). The van der Waals surface area contributed by atoms with Crippen molar-refractivity contribution in [1.29, 1.82) is 0 Å². The maximum absolute atomic E-state index is 13.0. The molecule has 1 atom stereocenters. The number of hydrogen-bond donors (Lipinski definition) is 1. The molecule has 0 spiro atoms. The Kier molecular flexibility index (Phi) is 3.25. The first-order valence-corrected chi connectivity index (χ1v) is 5.46. The Morgan fingerprint density at radius 3 is 2.62 bits per heavy atom. The molecule has 0 aromatic carbocycles. The highest BCUT2D eigenvalue weighted by Crippen LogP contribution is 2.32. The van der Waals surface area contributed by atoms with Crippen LogP contribution >= 0.6 is 0 Å². The molecular weight excluding hydrogens is 214 g/mol. The second-order valence-corrected chi connectivity index (χ2v) is 4.20. The van der Waals surface area contributed by atoms with Gasteiger partial charge in [-0.1, -0.05) is 0 Å².